The summed E-state index contributed by atoms with van der Waals surface area (Å²) in [6.07, 6.45) is 28.3. The average molecular weight is 395 g/mol. The van der Waals surface area contributed by atoms with E-state index in [9.17, 15) is 4.79 Å². The van der Waals surface area contributed by atoms with Gasteiger partial charge in [-0.15, -0.1) is 0 Å². The molecule has 0 aromatic rings. The van der Waals surface area contributed by atoms with Gasteiger partial charge in [0.25, 0.3) is 0 Å². The number of carboxylic acids is 1. The number of unbranched alkanes of at least 4 members (excludes halogenated alkanes) is 9. The van der Waals surface area contributed by atoms with E-state index in [2.05, 4.69) is 31.2 Å². The summed E-state index contributed by atoms with van der Waals surface area (Å²) in [5.41, 5.74) is 0. The predicted molar refractivity (Wildman–Crippen MR) is 121 cm³/mol. The van der Waals surface area contributed by atoms with Crippen LogP contribution in [0.5, 0.6) is 0 Å². The first kappa shape index (κ1) is 26.9. The molecular formula is C25H46O3. The molecule has 28 heavy (non-hydrogen) atoms. The maximum absolute atomic E-state index is 10.7. The molecule has 0 saturated carbocycles. The molecule has 0 aliphatic rings. The van der Waals surface area contributed by atoms with Crippen LogP contribution in [0.25, 0.3) is 0 Å². The summed E-state index contributed by atoms with van der Waals surface area (Å²) < 4.78 is 0. The van der Waals surface area contributed by atoms with Crippen LogP contribution in [0.15, 0.2) is 24.3 Å². The van der Waals surface area contributed by atoms with Crippen molar-refractivity contribution in [3.8, 4) is 0 Å². The zero-order chi connectivity index (χ0) is 20.7. The van der Waals surface area contributed by atoms with E-state index in [4.69, 9.17) is 10.2 Å². The van der Waals surface area contributed by atoms with Crippen molar-refractivity contribution in [1.29, 1.82) is 0 Å². The summed E-state index contributed by atoms with van der Waals surface area (Å²) in [6, 6.07) is 0. The summed E-state index contributed by atoms with van der Waals surface area (Å²) in [5, 5.41) is 17.6. The highest BCUT2D eigenvalue weighted by molar-refractivity contribution is 5.66. The Bertz CT molecular complexity index is 387. The van der Waals surface area contributed by atoms with Crippen LogP contribution < -0.4 is 0 Å². The van der Waals surface area contributed by atoms with Gasteiger partial charge in [0.15, 0.2) is 0 Å². The molecule has 0 rings (SSSR count). The van der Waals surface area contributed by atoms with Crippen LogP contribution in [-0.2, 0) is 4.79 Å². The summed E-state index contributed by atoms with van der Waals surface area (Å²) >= 11 is 0. The molecule has 3 heteroatoms. The molecule has 0 bridgehead atoms. The molecule has 0 fully saturated rings. The quantitative estimate of drug-likeness (QED) is 0.157. The summed E-state index contributed by atoms with van der Waals surface area (Å²) in [5.74, 6) is -0.0506. The van der Waals surface area contributed by atoms with E-state index in [0.29, 0.717) is 18.9 Å². The maximum Gasteiger partial charge on any atom is 0.303 e. The Hall–Kier alpha value is -1.09. The van der Waals surface area contributed by atoms with Crippen molar-refractivity contribution in [2.45, 2.75) is 116 Å². The molecule has 0 aliphatic carbocycles. The number of aliphatic carboxylic acids is 1. The van der Waals surface area contributed by atoms with Crippen LogP contribution in [0.3, 0.4) is 0 Å². The Morgan fingerprint density at radius 3 is 1.89 bits per heavy atom. The van der Waals surface area contributed by atoms with Gasteiger partial charge in [-0.25, -0.2) is 0 Å². The third-order valence-corrected chi connectivity index (χ3v) is 5.33. The van der Waals surface area contributed by atoms with Crippen LogP contribution in [0.1, 0.15) is 116 Å². The first-order valence-corrected chi connectivity index (χ1v) is 11.8. The zero-order valence-corrected chi connectivity index (χ0v) is 18.4. The molecule has 0 aliphatic heterocycles. The van der Waals surface area contributed by atoms with Crippen molar-refractivity contribution in [3.05, 3.63) is 24.3 Å². The Morgan fingerprint density at radius 1 is 0.750 bits per heavy atom. The molecule has 164 valence electrons. The number of allylic oxidation sites excluding steroid dienone is 4. The second-order valence-corrected chi connectivity index (χ2v) is 8.04. The van der Waals surface area contributed by atoms with Gasteiger partial charge in [-0.2, -0.15) is 0 Å². The van der Waals surface area contributed by atoms with Crippen molar-refractivity contribution >= 4 is 5.97 Å². The van der Waals surface area contributed by atoms with Crippen molar-refractivity contribution in [3.63, 3.8) is 0 Å². The molecule has 0 aromatic heterocycles. The minimum absolute atomic E-state index is 0.328. The lowest BCUT2D eigenvalue weighted by atomic mass is 9.92. The number of aliphatic hydroxyl groups excluding tert-OH is 1. The Morgan fingerprint density at radius 2 is 1.32 bits per heavy atom. The molecule has 3 nitrogen and oxygen atoms in total. The molecule has 0 radical (unpaired) electrons. The van der Waals surface area contributed by atoms with Crippen molar-refractivity contribution in [2.24, 2.45) is 5.92 Å². The Labute approximate surface area is 174 Å². The molecule has 2 N–H and O–H groups in total. The number of rotatable bonds is 21. The second kappa shape index (κ2) is 22.2. The first-order valence-electron chi connectivity index (χ1n) is 11.8. The fourth-order valence-electron chi connectivity index (χ4n) is 3.63. The fourth-order valence-corrected chi connectivity index (χ4v) is 3.63. The van der Waals surface area contributed by atoms with Crippen molar-refractivity contribution in [2.75, 3.05) is 6.61 Å². The highest BCUT2D eigenvalue weighted by atomic mass is 16.4. The van der Waals surface area contributed by atoms with Crippen LogP contribution in [0.2, 0.25) is 0 Å². The number of hydrogen-bond acceptors (Lipinski definition) is 2. The molecule has 0 amide bonds. The van der Waals surface area contributed by atoms with Gasteiger partial charge in [0.05, 0.1) is 0 Å². The van der Waals surface area contributed by atoms with E-state index in [1.54, 1.807) is 0 Å². The maximum atomic E-state index is 10.7. The number of carboxylic acid groups (broad SMARTS) is 1. The third kappa shape index (κ3) is 21.2. The highest BCUT2D eigenvalue weighted by Crippen LogP contribution is 2.21. The molecule has 1 atom stereocenters. The largest absolute Gasteiger partial charge is 0.481 e. The second-order valence-electron chi connectivity index (χ2n) is 8.04. The van der Waals surface area contributed by atoms with Gasteiger partial charge >= 0.3 is 5.97 Å². The van der Waals surface area contributed by atoms with Crippen LogP contribution >= 0.6 is 0 Å². The smallest absolute Gasteiger partial charge is 0.303 e. The molecule has 0 heterocycles. The molecule has 0 saturated heterocycles. The molecule has 0 aromatic carbocycles. The van der Waals surface area contributed by atoms with E-state index in [-0.39, 0.29) is 0 Å². The van der Waals surface area contributed by atoms with Gasteiger partial charge in [-0.1, -0.05) is 89.0 Å². The number of carbonyl (C=O) groups is 1. The predicted octanol–water partition coefficient (Wildman–Crippen LogP) is 7.44. The van der Waals surface area contributed by atoms with E-state index in [0.717, 1.165) is 32.1 Å². The first-order chi connectivity index (χ1) is 13.7. The van der Waals surface area contributed by atoms with Crippen LogP contribution in [0, 0.1) is 5.92 Å². The van der Waals surface area contributed by atoms with Gasteiger partial charge in [0.1, 0.15) is 0 Å². The lowest BCUT2D eigenvalue weighted by Crippen LogP contribution is -2.04. The third-order valence-electron chi connectivity index (χ3n) is 5.33. The van der Waals surface area contributed by atoms with Crippen molar-refractivity contribution < 1.29 is 15.0 Å². The lowest BCUT2D eigenvalue weighted by Gasteiger charge is -2.14. The van der Waals surface area contributed by atoms with Gasteiger partial charge in [0.2, 0.25) is 0 Å². The molecule has 1 unspecified atom stereocenters. The van der Waals surface area contributed by atoms with Crippen LogP contribution in [0.4, 0.5) is 0 Å². The zero-order valence-electron chi connectivity index (χ0n) is 18.4. The van der Waals surface area contributed by atoms with E-state index < -0.39 is 5.97 Å². The minimum Gasteiger partial charge on any atom is -0.481 e. The van der Waals surface area contributed by atoms with E-state index in [1.807, 2.05) is 0 Å². The standard InChI is InChI=1S/C25H46O3/c1-2-19-24(21-22-25(27)28)20-17-15-13-11-9-7-5-3-4-6-8-10-12-14-16-18-23-26/h4-7,24,26H,2-3,8-23H2,1H3,(H,27,28). The summed E-state index contributed by atoms with van der Waals surface area (Å²) in [7, 11) is 0. The lowest BCUT2D eigenvalue weighted by molar-refractivity contribution is -0.137. The average Bonchev–Trinajstić information content (AvgIpc) is 2.68. The van der Waals surface area contributed by atoms with Gasteiger partial charge in [-0.05, 0) is 50.9 Å². The highest BCUT2D eigenvalue weighted by Gasteiger charge is 2.09. The number of aliphatic hydroxyl groups is 1. The summed E-state index contributed by atoms with van der Waals surface area (Å²) in [6.45, 7) is 2.52. The number of hydrogen-bond donors (Lipinski definition) is 2. The normalized spacial score (nSPS) is 12.9. The van der Waals surface area contributed by atoms with Gasteiger partial charge < -0.3 is 10.2 Å². The molecular weight excluding hydrogens is 348 g/mol. The van der Waals surface area contributed by atoms with Gasteiger partial charge in [0, 0.05) is 13.0 Å². The van der Waals surface area contributed by atoms with Crippen molar-refractivity contribution in [1.82, 2.24) is 0 Å². The monoisotopic (exact) mass is 394 g/mol. The SMILES string of the molecule is CCCC(CCCCCCC=CCC=CCCCCCCCO)CCC(=O)O. The topological polar surface area (TPSA) is 57.5 Å². The summed E-state index contributed by atoms with van der Waals surface area (Å²) in [4.78, 5) is 10.7. The van der Waals surface area contributed by atoms with E-state index in [1.165, 1.54) is 70.6 Å². The Kier molecular flexibility index (Phi) is 21.3. The van der Waals surface area contributed by atoms with E-state index >= 15 is 0 Å². The minimum atomic E-state index is -0.656. The van der Waals surface area contributed by atoms with Gasteiger partial charge in [-0.3, -0.25) is 4.79 Å². The fraction of sp³-hybridized carbons (Fsp3) is 0.800. The molecule has 0 spiro atoms. The van der Waals surface area contributed by atoms with Crippen LogP contribution in [-0.4, -0.2) is 22.8 Å². The Balaban J connectivity index is 3.44.